The number of carbonyl (C=O) groups is 3. The van der Waals surface area contributed by atoms with Gasteiger partial charge in [0.05, 0.1) is 24.5 Å². The summed E-state index contributed by atoms with van der Waals surface area (Å²) in [6.45, 7) is 4.14. The lowest BCUT2D eigenvalue weighted by atomic mass is 9.97. The van der Waals surface area contributed by atoms with Crippen LogP contribution in [0.5, 0.6) is 0 Å². The Hall–Kier alpha value is -2.58. The highest BCUT2D eigenvalue weighted by Crippen LogP contribution is 2.29. The molecule has 1 heterocycles. The van der Waals surface area contributed by atoms with Crippen LogP contribution in [0.1, 0.15) is 37.8 Å². The molecule has 1 unspecified atom stereocenters. The fourth-order valence-corrected chi connectivity index (χ4v) is 3.17. The van der Waals surface area contributed by atoms with Gasteiger partial charge >= 0.3 is 18.1 Å². The SMILES string of the molecule is CCOC(=O)C1CCN(C(=O)C(C)OC(=O)Cc2cccc(C(F)(F)F)c2)CC1. The zero-order chi connectivity index (χ0) is 21.6. The van der Waals surface area contributed by atoms with E-state index < -0.39 is 29.7 Å². The van der Waals surface area contributed by atoms with Crippen molar-refractivity contribution in [2.45, 2.75) is 45.4 Å². The normalized spacial score (nSPS) is 16.2. The number of alkyl halides is 3. The Morgan fingerprint density at radius 1 is 1.21 bits per heavy atom. The van der Waals surface area contributed by atoms with Gasteiger partial charge in [0.25, 0.3) is 5.91 Å². The number of halogens is 3. The van der Waals surface area contributed by atoms with Crippen LogP contribution in [0.2, 0.25) is 0 Å². The first-order valence-corrected chi connectivity index (χ1v) is 9.42. The quantitative estimate of drug-likeness (QED) is 0.668. The smallest absolute Gasteiger partial charge is 0.416 e. The molecule has 9 heteroatoms. The molecule has 29 heavy (non-hydrogen) atoms. The number of rotatable bonds is 6. The highest BCUT2D eigenvalue weighted by Gasteiger charge is 2.32. The van der Waals surface area contributed by atoms with Crippen molar-refractivity contribution in [2.24, 2.45) is 5.92 Å². The molecule has 0 aliphatic carbocycles. The first-order valence-electron chi connectivity index (χ1n) is 9.42. The van der Waals surface area contributed by atoms with E-state index in [1.165, 1.54) is 24.0 Å². The van der Waals surface area contributed by atoms with Crippen LogP contribution in [0.3, 0.4) is 0 Å². The van der Waals surface area contributed by atoms with Crippen molar-refractivity contribution in [1.82, 2.24) is 4.90 Å². The molecule has 6 nitrogen and oxygen atoms in total. The van der Waals surface area contributed by atoms with Gasteiger partial charge in [-0.2, -0.15) is 13.2 Å². The van der Waals surface area contributed by atoms with Crippen LogP contribution in [0.25, 0.3) is 0 Å². The second-order valence-corrected chi connectivity index (χ2v) is 6.86. The summed E-state index contributed by atoms with van der Waals surface area (Å²) in [4.78, 5) is 37.8. The zero-order valence-electron chi connectivity index (χ0n) is 16.3. The van der Waals surface area contributed by atoms with Gasteiger partial charge < -0.3 is 14.4 Å². The Labute approximate surface area is 167 Å². The molecule has 1 fully saturated rings. The Bertz CT molecular complexity index is 742. The van der Waals surface area contributed by atoms with Gasteiger partial charge in [-0.1, -0.05) is 18.2 Å². The number of carbonyl (C=O) groups excluding carboxylic acids is 3. The van der Waals surface area contributed by atoms with Crippen molar-refractivity contribution in [3.8, 4) is 0 Å². The summed E-state index contributed by atoms with van der Waals surface area (Å²) in [5, 5.41) is 0. The molecule has 160 valence electrons. The Kier molecular flexibility index (Phi) is 7.64. The van der Waals surface area contributed by atoms with Crippen LogP contribution >= 0.6 is 0 Å². The molecular weight excluding hydrogens is 391 g/mol. The molecule has 0 saturated carbocycles. The number of benzene rings is 1. The van der Waals surface area contributed by atoms with Crippen molar-refractivity contribution in [2.75, 3.05) is 19.7 Å². The third-order valence-corrected chi connectivity index (χ3v) is 4.69. The van der Waals surface area contributed by atoms with Gasteiger partial charge in [0, 0.05) is 13.1 Å². The number of nitrogens with zero attached hydrogens (tertiary/aromatic N) is 1. The standard InChI is InChI=1S/C20H24F3NO5/c1-3-28-19(27)15-7-9-24(10-8-15)18(26)13(2)29-17(25)12-14-5-4-6-16(11-14)20(21,22)23/h4-6,11,13,15H,3,7-10,12H2,1-2H3. The first-order chi connectivity index (χ1) is 13.6. The lowest BCUT2D eigenvalue weighted by molar-refractivity contribution is -0.160. The lowest BCUT2D eigenvalue weighted by Gasteiger charge is -2.32. The molecule has 0 bridgehead atoms. The fraction of sp³-hybridized carbons (Fsp3) is 0.550. The van der Waals surface area contributed by atoms with Crippen molar-refractivity contribution in [3.05, 3.63) is 35.4 Å². The molecular formula is C20H24F3NO5. The van der Waals surface area contributed by atoms with Gasteiger partial charge in [-0.05, 0) is 38.3 Å². The topological polar surface area (TPSA) is 72.9 Å². The predicted octanol–water partition coefficient (Wildman–Crippen LogP) is 2.98. The maximum atomic E-state index is 12.8. The molecule has 0 aromatic heterocycles. The molecule has 0 radical (unpaired) electrons. The Balaban J connectivity index is 1.85. The zero-order valence-corrected chi connectivity index (χ0v) is 16.3. The van der Waals surface area contributed by atoms with E-state index in [0.29, 0.717) is 32.5 Å². The van der Waals surface area contributed by atoms with Crippen LogP contribution < -0.4 is 0 Å². The molecule has 0 N–H and O–H groups in total. The minimum absolute atomic E-state index is 0.153. The monoisotopic (exact) mass is 415 g/mol. The average molecular weight is 415 g/mol. The van der Waals surface area contributed by atoms with E-state index in [1.807, 2.05) is 0 Å². The van der Waals surface area contributed by atoms with E-state index in [9.17, 15) is 27.6 Å². The molecule has 1 saturated heterocycles. The highest BCUT2D eigenvalue weighted by atomic mass is 19.4. The molecule has 0 spiro atoms. The van der Waals surface area contributed by atoms with E-state index in [1.54, 1.807) is 6.92 Å². The number of likely N-dealkylation sites (tertiary alicyclic amines) is 1. The van der Waals surface area contributed by atoms with Crippen LogP contribution in [0.4, 0.5) is 13.2 Å². The largest absolute Gasteiger partial charge is 0.466 e. The van der Waals surface area contributed by atoms with Gasteiger partial charge in [0.1, 0.15) is 0 Å². The Morgan fingerprint density at radius 3 is 2.45 bits per heavy atom. The van der Waals surface area contributed by atoms with Crippen molar-refractivity contribution >= 4 is 17.8 Å². The van der Waals surface area contributed by atoms with Gasteiger partial charge in [0.2, 0.25) is 0 Å². The van der Waals surface area contributed by atoms with Crippen molar-refractivity contribution in [1.29, 1.82) is 0 Å². The molecule has 1 aliphatic rings. The summed E-state index contributed by atoms with van der Waals surface area (Å²) in [6.07, 6.45) is -5.00. The van der Waals surface area contributed by atoms with E-state index in [0.717, 1.165) is 12.1 Å². The van der Waals surface area contributed by atoms with E-state index in [-0.39, 0.29) is 23.9 Å². The molecule has 1 amide bonds. The molecule has 1 atom stereocenters. The fourth-order valence-electron chi connectivity index (χ4n) is 3.17. The summed E-state index contributed by atoms with van der Waals surface area (Å²) in [5.41, 5.74) is -0.698. The Morgan fingerprint density at radius 2 is 1.86 bits per heavy atom. The minimum Gasteiger partial charge on any atom is -0.466 e. The molecule has 1 aromatic rings. The summed E-state index contributed by atoms with van der Waals surface area (Å²) >= 11 is 0. The summed E-state index contributed by atoms with van der Waals surface area (Å²) in [7, 11) is 0. The number of amides is 1. The van der Waals surface area contributed by atoms with Gasteiger partial charge in [-0.3, -0.25) is 14.4 Å². The van der Waals surface area contributed by atoms with Gasteiger partial charge in [-0.15, -0.1) is 0 Å². The van der Waals surface area contributed by atoms with Crippen LogP contribution in [0.15, 0.2) is 24.3 Å². The minimum atomic E-state index is -4.50. The highest BCUT2D eigenvalue weighted by molar-refractivity contribution is 5.84. The number of hydrogen-bond acceptors (Lipinski definition) is 5. The average Bonchev–Trinajstić information content (AvgIpc) is 2.67. The molecule has 1 aromatic carbocycles. The molecule has 2 rings (SSSR count). The lowest BCUT2D eigenvalue weighted by Crippen LogP contribution is -2.45. The first kappa shape index (κ1) is 22.7. The maximum absolute atomic E-state index is 12.8. The van der Waals surface area contributed by atoms with Crippen molar-refractivity contribution < 1.29 is 37.0 Å². The van der Waals surface area contributed by atoms with Gasteiger partial charge in [0.15, 0.2) is 6.10 Å². The number of esters is 2. The summed E-state index contributed by atoms with van der Waals surface area (Å²) in [6, 6.07) is 4.41. The second kappa shape index (κ2) is 9.76. The summed E-state index contributed by atoms with van der Waals surface area (Å²) < 4.78 is 48.3. The summed E-state index contributed by atoms with van der Waals surface area (Å²) in [5.74, 6) is -1.71. The molecule has 1 aliphatic heterocycles. The van der Waals surface area contributed by atoms with Crippen LogP contribution in [-0.4, -0.2) is 48.5 Å². The van der Waals surface area contributed by atoms with E-state index in [4.69, 9.17) is 9.47 Å². The van der Waals surface area contributed by atoms with Crippen LogP contribution in [-0.2, 0) is 36.5 Å². The van der Waals surface area contributed by atoms with E-state index in [2.05, 4.69) is 0 Å². The second-order valence-electron chi connectivity index (χ2n) is 6.86. The third-order valence-electron chi connectivity index (χ3n) is 4.69. The van der Waals surface area contributed by atoms with Crippen LogP contribution in [0, 0.1) is 5.92 Å². The number of piperidine rings is 1. The van der Waals surface area contributed by atoms with Gasteiger partial charge in [-0.25, -0.2) is 0 Å². The third kappa shape index (κ3) is 6.47. The number of ether oxygens (including phenoxy) is 2. The van der Waals surface area contributed by atoms with E-state index >= 15 is 0 Å². The van der Waals surface area contributed by atoms with Crippen molar-refractivity contribution in [3.63, 3.8) is 0 Å². The predicted molar refractivity (Wildman–Crippen MR) is 96.6 cm³/mol. The maximum Gasteiger partial charge on any atom is 0.416 e. The number of hydrogen-bond donors (Lipinski definition) is 0.